The quantitative estimate of drug-likeness (QED) is 0.548. The van der Waals surface area contributed by atoms with Gasteiger partial charge in [0.15, 0.2) is 0 Å². The summed E-state index contributed by atoms with van der Waals surface area (Å²) in [6.07, 6.45) is 0. The molecule has 0 aliphatic heterocycles. The van der Waals surface area contributed by atoms with Crippen LogP contribution in [0.4, 0.5) is 0 Å². The van der Waals surface area contributed by atoms with Crippen molar-refractivity contribution in [1.82, 2.24) is 10.2 Å². The lowest BCUT2D eigenvalue weighted by Gasteiger charge is -2.10. The highest BCUT2D eigenvalue weighted by atomic mass is 79.9. The summed E-state index contributed by atoms with van der Waals surface area (Å²) in [5.41, 5.74) is 1.29. The van der Waals surface area contributed by atoms with Gasteiger partial charge in [-0.25, -0.2) is 0 Å². The van der Waals surface area contributed by atoms with Crippen LogP contribution in [0.1, 0.15) is 5.56 Å². The molecular formula is C14H23BrN2OS. The Morgan fingerprint density at radius 2 is 2.16 bits per heavy atom. The minimum absolute atomic E-state index is 0.746. The second-order valence-corrected chi connectivity index (χ2v) is 6.60. The molecule has 0 heterocycles. The number of ether oxygens (including phenoxy) is 1. The fourth-order valence-electron chi connectivity index (χ4n) is 1.50. The van der Waals surface area contributed by atoms with E-state index < -0.39 is 0 Å². The summed E-state index contributed by atoms with van der Waals surface area (Å²) in [6.45, 7) is 3.59. The number of nitrogens with zero attached hydrogens (tertiary/aromatic N) is 1. The van der Waals surface area contributed by atoms with Gasteiger partial charge in [-0.2, -0.15) is 0 Å². The molecule has 0 unspecified atom stereocenters. The van der Waals surface area contributed by atoms with Crippen LogP contribution in [-0.2, 0) is 11.3 Å². The third-order valence-corrected chi connectivity index (χ3v) is 4.34. The van der Waals surface area contributed by atoms with Gasteiger partial charge in [-0.15, -0.1) is 11.8 Å². The Kier molecular flexibility index (Phi) is 8.74. The molecule has 0 fully saturated rings. The Bertz CT molecular complexity index is 374. The van der Waals surface area contributed by atoms with Crippen LogP contribution in [0.15, 0.2) is 27.6 Å². The van der Waals surface area contributed by atoms with Crippen molar-refractivity contribution in [3.05, 3.63) is 28.2 Å². The van der Waals surface area contributed by atoms with E-state index in [2.05, 4.69) is 58.4 Å². The molecule has 0 aliphatic rings. The smallest absolute Gasteiger partial charge is 0.0587 e. The molecule has 0 bridgehead atoms. The average molecular weight is 347 g/mol. The standard InChI is InChI=1S/C14H23BrN2OS/c1-17(2)7-9-19-13-5-4-12(14(15)10-13)11-16-6-8-18-3/h4-5,10,16H,6-9,11H2,1-3H3. The van der Waals surface area contributed by atoms with E-state index >= 15 is 0 Å². The van der Waals surface area contributed by atoms with Crippen LogP contribution in [-0.4, -0.2) is 51.6 Å². The molecule has 3 nitrogen and oxygen atoms in total. The predicted molar refractivity (Wildman–Crippen MR) is 87.0 cm³/mol. The summed E-state index contributed by atoms with van der Waals surface area (Å²) in [5.74, 6) is 1.12. The molecule has 0 atom stereocenters. The highest BCUT2D eigenvalue weighted by Gasteiger charge is 2.02. The maximum absolute atomic E-state index is 5.01. The van der Waals surface area contributed by atoms with Crippen molar-refractivity contribution in [1.29, 1.82) is 0 Å². The summed E-state index contributed by atoms with van der Waals surface area (Å²) >= 11 is 5.53. The van der Waals surface area contributed by atoms with Gasteiger partial charge in [0.1, 0.15) is 0 Å². The number of rotatable bonds is 9. The molecular weight excluding hydrogens is 324 g/mol. The average Bonchev–Trinajstić information content (AvgIpc) is 2.36. The van der Waals surface area contributed by atoms with Crippen molar-refractivity contribution in [2.24, 2.45) is 0 Å². The minimum Gasteiger partial charge on any atom is -0.383 e. The van der Waals surface area contributed by atoms with Gasteiger partial charge in [0.25, 0.3) is 0 Å². The fraction of sp³-hybridized carbons (Fsp3) is 0.571. The number of hydrogen-bond donors (Lipinski definition) is 1. The van der Waals surface area contributed by atoms with Gasteiger partial charge in [-0.05, 0) is 31.8 Å². The van der Waals surface area contributed by atoms with Gasteiger partial charge in [0.05, 0.1) is 6.61 Å². The normalized spacial score (nSPS) is 11.2. The zero-order chi connectivity index (χ0) is 14.1. The first-order chi connectivity index (χ1) is 9.13. The van der Waals surface area contributed by atoms with Gasteiger partial charge in [0, 0.05) is 41.9 Å². The number of benzene rings is 1. The largest absolute Gasteiger partial charge is 0.383 e. The Hall–Kier alpha value is -0.0700. The van der Waals surface area contributed by atoms with Crippen LogP contribution in [0.5, 0.6) is 0 Å². The third kappa shape index (κ3) is 7.32. The van der Waals surface area contributed by atoms with Crippen LogP contribution >= 0.6 is 27.7 Å². The molecule has 1 aromatic rings. The van der Waals surface area contributed by atoms with Crippen LogP contribution in [0, 0.1) is 0 Å². The monoisotopic (exact) mass is 346 g/mol. The van der Waals surface area contributed by atoms with Crippen molar-refractivity contribution in [3.63, 3.8) is 0 Å². The molecule has 1 rings (SSSR count). The molecule has 0 radical (unpaired) electrons. The van der Waals surface area contributed by atoms with E-state index in [1.807, 2.05) is 11.8 Å². The number of nitrogens with one attached hydrogen (secondary N) is 1. The zero-order valence-electron chi connectivity index (χ0n) is 11.9. The van der Waals surface area contributed by atoms with Gasteiger partial charge in [-0.1, -0.05) is 22.0 Å². The Morgan fingerprint density at radius 3 is 2.79 bits per heavy atom. The van der Waals surface area contributed by atoms with Gasteiger partial charge >= 0.3 is 0 Å². The molecule has 1 aromatic carbocycles. The lowest BCUT2D eigenvalue weighted by Crippen LogP contribution is -2.18. The Balaban J connectivity index is 2.40. The van der Waals surface area contributed by atoms with E-state index in [1.54, 1.807) is 7.11 Å². The van der Waals surface area contributed by atoms with E-state index in [0.717, 1.165) is 32.0 Å². The molecule has 0 saturated heterocycles. The number of halogens is 1. The molecule has 108 valence electrons. The van der Waals surface area contributed by atoms with E-state index in [9.17, 15) is 0 Å². The number of methoxy groups -OCH3 is 1. The molecule has 19 heavy (non-hydrogen) atoms. The predicted octanol–water partition coefficient (Wildman–Crippen LogP) is 2.84. The molecule has 0 saturated carbocycles. The SMILES string of the molecule is COCCNCc1ccc(SCCN(C)C)cc1Br. The van der Waals surface area contributed by atoms with Crippen molar-refractivity contribution in [2.45, 2.75) is 11.4 Å². The fourth-order valence-corrected chi connectivity index (χ4v) is 3.23. The van der Waals surface area contributed by atoms with Gasteiger partial charge in [0.2, 0.25) is 0 Å². The highest BCUT2D eigenvalue weighted by molar-refractivity contribution is 9.10. The highest BCUT2D eigenvalue weighted by Crippen LogP contribution is 2.25. The summed E-state index contributed by atoms with van der Waals surface area (Å²) in [6, 6.07) is 6.58. The second-order valence-electron chi connectivity index (χ2n) is 4.57. The molecule has 0 spiro atoms. The Labute approximate surface area is 129 Å². The lowest BCUT2D eigenvalue weighted by molar-refractivity contribution is 0.199. The maximum atomic E-state index is 5.01. The van der Waals surface area contributed by atoms with Crippen LogP contribution in [0.2, 0.25) is 0 Å². The van der Waals surface area contributed by atoms with Crippen molar-refractivity contribution < 1.29 is 4.74 Å². The number of thioether (sulfide) groups is 1. The minimum atomic E-state index is 0.746. The number of hydrogen-bond acceptors (Lipinski definition) is 4. The first-order valence-corrected chi connectivity index (χ1v) is 8.17. The third-order valence-electron chi connectivity index (χ3n) is 2.63. The van der Waals surface area contributed by atoms with Crippen molar-refractivity contribution in [2.75, 3.05) is 46.7 Å². The summed E-state index contributed by atoms with van der Waals surface area (Å²) in [5, 5.41) is 3.35. The van der Waals surface area contributed by atoms with Gasteiger partial charge in [-0.3, -0.25) is 0 Å². The molecule has 0 aliphatic carbocycles. The molecule has 0 aromatic heterocycles. The summed E-state index contributed by atoms with van der Waals surface area (Å²) in [7, 11) is 5.92. The molecule has 0 amide bonds. The van der Waals surface area contributed by atoms with Crippen LogP contribution in [0.3, 0.4) is 0 Å². The van der Waals surface area contributed by atoms with E-state index in [4.69, 9.17) is 4.74 Å². The van der Waals surface area contributed by atoms with E-state index in [1.165, 1.54) is 14.9 Å². The maximum Gasteiger partial charge on any atom is 0.0587 e. The van der Waals surface area contributed by atoms with Crippen LogP contribution in [0.25, 0.3) is 0 Å². The second kappa shape index (κ2) is 9.77. The summed E-state index contributed by atoms with van der Waals surface area (Å²) in [4.78, 5) is 3.52. The zero-order valence-corrected chi connectivity index (χ0v) is 14.3. The Morgan fingerprint density at radius 1 is 1.37 bits per heavy atom. The first-order valence-electron chi connectivity index (χ1n) is 6.39. The summed E-state index contributed by atoms with van der Waals surface area (Å²) < 4.78 is 6.18. The van der Waals surface area contributed by atoms with Crippen LogP contribution < -0.4 is 5.32 Å². The van der Waals surface area contributed by atoms with E-state index in [-0.39, 0.29) is 0 Å². The van der Waals surface area contributed by atoms with E-state index in [0.29, 0.717) is 0 Å². The first kappa shape index (κ1) is 17.0. The van der Waals surface area contributed by atoms with Crippen molar-refractivity contribution in [3.8, 4) is 0 Å². The lowest BCUT2D eigenvalue weighted by atomic mass is 10.2. The molecule has 1 N–H and O–H groups in total. The topological polar surface area (TPSA) is 24.5 Å². The van der Waals surface area contributed by atoms with Gasteiger partial charge < -0.3 is 15.0 Å². The molecule has 5 heteroatoms. The van der Waals surface area contributed by atoms with Crippen molar-refractivity contribution >= 4 is 27.7 Å².